The second-order valence-electron chi connectivity index (χ2n) is 7.68. The highest BCUT2D eigenvalue weighted by atomic mass is 16.2. The molecule has 1 atom stereocenters. The molecule has 2 amide bonds. The van der Waals surface area contributed by atoms with Crippen molar-refractivity contribution in [3.63, 3.8) is 0 Å². The van der Waals surface area contributed by atoms with E-state index in [0.717, 1.165) is 28.6 Å². The fourth-order valence-corrected chi connectivity index (χ4v) is 3.75. The number of aromatic nitrogens is 2. The maximum absolute atomic E-state index is 12.8. The van der Waals surface area contributed by atoms with Crippen molar-refractivity contribution < 1.29 is 9.59 Å². The zero-order valence-electron chi connectivity index (χ0n) is 17.3. The van der Waals surface area contributed by atoms with E-state index in [-0.39, 0.29) is 24.4 Å². The molecule has 1 aliphatic heterocycles. The maximum Gasteiger partial charge on any atom is 0.254 e. The van der Waals surface area contributed by atoms with Crippen molar-refractivity contribution in [2.24, 2.45) is 0 Å². The lowest BCUT2D eigenvalue weighted by Gasteiger charge is -2.37. The number of nitrogens with zero attached hydrogens (tertiary/aromatic N) is 3. The molecule has 0 saturated carbocycles. The number of fused-ring (bicyclic) bond motifs is 1. The molecule has 1 N–H and O–H groups in total. The minimum atomic E-state index is -0.0963. The monoisotopic (exact) mass is 402 g/mol. The second kappa shape index (κ2) is 8.53. The van der Waals surface area contributed by atoms with Gasteiger partial charge in [0.25, 0.3) is 5.91 Å². The van der Waals surface area contributed by atoms with Gasteiger partial charge in [0.2, 0.25) is 5.91 Å². The number of para-hydroxylation sites is 1. The lowest BCUT2D eigenvalue weighted by Crippen LogP contribution is -2.54. The van der Waals surface area contributed by atoms with Crippen LogP contribution in [0.15, 0.2) is 48.5 Å². The Morgan fingerprint density at radius 1 is 1.13 bits per heavy atom. The molecule has 0 bridgehead atoms. The second-order valence-corrected chi connectivity index (χ2v) is 7.68. The molecule has 4 rings (SSSR count). The molecule has 2 aromatic carbocycles. The molecule has 0 spiro atoms. The van der Waals surface area contributed by atoms with Gasteiger partial charge in [0, 0.05) is 30.1 Å². The predicted octanol–water partition coefficient (Wildman–Crippen LogP) is 3.82. The van der Waals surface area contributed by atoms with Gasteiger partial charge in [-0.3, -0.25) is 14.7 Å². The standard InChI is InChI=1S/C24H26N4O2/c1-3-17(2)28-15-14-27(16-23(28)29)24(30)19-11-8-18(9-12-19)10-13-22-20-6-4-5-7-21(20)25-26-22/h4-13,17H,3,14-16H2,1-2H3,(H,25,26). The van der Waals surface area contributed by atoms with Crippen molar-refractivity contribution in [2.45, 2.75) is 26.3 Å². The van der Waals surface area contributed by atoms with Crippen molar-refractivity contribution in [1.82, 2.24) is 20.0 Å². The first-order chi connectivity index (χ1) is 14.6. The third-order valence-corrected chi connectivity index (χ3v) is 5.76. The van der Waals surface area contributed by atoms with E-state index < -0.39 is 0 Å². The quantitative estimate of drug-likeness (QED) is 0.705. The molecule has 0 aliphatic carbocycles. The van der Waals surface area contributed by atoms with E-state index in [1.165, 1.54) is 0 Å². The summed E-state index contributed by atoms with van der Waals surface area (Å²) >= 11 is 0. The molecule has 1 aromatic heterocycles. The summed E-state index contributed by atoms with van der Waals surface area (Å²) in [6, 6.07) is 15.7. The molecule has 2 heterocycles. The zero-order valence-corrected chi connectivity index (χ0v) is 17.3. The molecule has 1 saturated heterocycles. The zero-order chi connectivity index (χ0) is 21.1. The Morgan fingerprint density at radius 3 is 2.63 bits per heavy atom. The Kier molecular flexibility index (Phi) is 5.65. The van der Waals surface area contributed by atoms with Crippen LogP contribution in [0.3, 0.4) is 0 Å². The molecule has 1 aliphatic rings. The number of carbonyl (C=O) groups is 2. The SMILES string of the molecule is CCC(C)N1CCN(C(=O)c2ccc(C=Cc3n[nH]c4ccccc34)cc2)CC1=O. The van der Waals surface area contributed by atoms with Crippen LogP contribution < -0.4 is 0 Å². The molecule has 30 heavy (non-hydrogen) atoms. The van der Waals surface area contributed by atoms with Gasteiger partial charge in [0.05, 0.1) is 11.2 Å². The number of carbonyl (C=O) groups excluding carboxylic acids is 2. The minimum absolute atomic E-state index is 0.0229. The summed E-state index contributed by atoms with van der Waals surface area (Å²) in [4.78, 5) is 28.7. The first-order valence-corrected chi connectivity index (χ1v) is 10.4. The molecular formula is C24H26N4O2. The molecule has 0 radical (unpaired) electrons. The molecule has 6 nitrogen and oxygen atoms in total. The van der Waals surface area contributed by atoms with Gasteiger partial charge in [-0.2, -0.15) is 5.10 Å². The number of hydrogen-bond acceptors (Lipinski definition) is 3. The van der Waals surface area contributed by atoms with Gasteiger partial charge in [0.15, 0.2) is 0 Å². The van der Waals surface area contributed by atoms with E-state index in [4.69, 9.17) is 0 Å². The summed E-state index contributed by atoms with van der Waals surface area (Å²) in [5, 5.41) is 8.43. The summed E-state index contributed by atoms with van der Waals surface area (Å²) in [5.74, 6) is -0.0734. The normalized spacial score (nSPS) is 15.9. The molecule has 6 heteroatoms. The van der Waals surface area contributed by atoms with Gasteiger partial charge < -0.3 is 9.80 Å². The van der Waals surface area contributed by atoms with Crippen molar-refractivity contribution in [3.8, 4) is 0 Å². The van der Waals surface area contributed by atoms with E-state index in [9.17, 15) is 9.59 Å². The summed E-state index contributed by atoms with van der Waals surface area (Å²) < 4.78 is 0. The summed E-state index contributed by atoms with van der Waals surface area (Å²) in [6.45, 7) is 5.44. The third kappa shape index (κ3) is 3.99. The van der Waals surface area contributed by atoms with Gasteiger partial charge in [0.1, 0.15) is 6.54 Å². The summed E-state index contributed by atoms with van der Waals surface area (Å²) in [5.41, 5.74) is 3.46. The van der Waals surface area contributed by atoms with Crippen LogP contribution in [0.25, 0.3) is 23.1 Å². The van der Waals surface area contributed by atoms with Crippen LogP contribution in [0.1, 0.15) is 41.9 Å². The summed E-state index contributed by atoms with van der Waals surface area (Å²) in [7, 11) is 0. The highest BCUT2D eigenvalue weighted by Gasteiger charge is 2.29. The fraction of sp³-hybridized carbons (Fsp3) is 0.292. The Morgan fingerprint density at radius 2 is 1.90 bits per heavy atom. The van der Waals surface area contributed by atoms with Gasteiger partial charge in [-0.15, -0.1) is 0 Å². The van der Waals surface area contributed by atoms with Crippen LogP contribution in [0.4, 0.5) is 0 Å². The molecule has 3 aromatic rings. The lowest BCUT2D eigenvalue weighted by atomic mass is 10.1. The largest absolute Gasteiger partial charge is 0.337 e. The fourth-order valence-electron chi connectivity index (χ4n) is 3.75. The molecule has 154 valence electrons. The van der Waals surface area contributed by atoms with Crippen LogP contribution in [-0.4, -0.2) is 57.5 Å². The number of aromatic amines is 1. The van der Waals surface area contributed by atoms with Crippen molar-refractivity contribution in [1.29, 1.82) is 0 Å². The summed E-state index contributed by atoms with van der Waals surface area (Å²) in [6.07, 6.45) is 4.86. The van der Waals surface area contributed by atoms with E-state index in [1.54, 1.807) is 4.90 Å². The maximum atomic E-state index is 12.8. The molecule has 1 fully saturated rings. The first kappa shape index (κ1) is 19.9. The number of rotatable bonds is 5. The van der Waals surface area contributed by atoms with E-state index >= 15 is 0 Å². The van der Waals surface area contributed by atoms with Crippen molar-refractivity contribution >= 4 is 34.9 Å². The number of hydrogen-bond donors (Lipinski definition) is 1. The molecular weight excluding hydrogens is 376 g/mol. The van der Waals surface area contributed by atoms with Gasteiger partial charge in [-0.05, 0) is 43.2 Å². The minimum Gasteiger partial charge on any atom is -0.337 e. The Balaban J connectivity index is 1.42. The van der Waals surface area contributed by atoms with E-state index in [1.807, 2.05) is 72.5 Å². The number of amides is 2. The van der Waals surface area contributed by atoms with Gasteiger partial charge in [-0.1, -0.05) is 43.3 Å². The van der Waals surface area contributed by atoms with Crippen LogP contribution in [0.5, 0.6) is 0 Å². The van der Waals surface area contributed by atoms with Gasteiger partial charge >= 0.3 is 0 Å². The molecule has 1 unspecified atom stereocenters. The van der Waals surface area contributed by atoms with Crippen LogP contribution in [0.2, 0.25) is 0 Å². The van der Waals surface area contributed by atoms with Crippen molar-refractivity contribution in [2.75, 3.05) is 19.6 Å². The van der Waals surface area contributed by atoms with Gasteiger partial charge in [-0.25, -0.2) is 0 Å². The van der Waals surface area contributed by atoms with Crippen molar-refractivity contribution in [3.05, 3.63) is 65.4 Å². The number of H-pyrrole nitrogens is 1. The Bertz CT molecular complexity index is 1080. The average Bonchev–Trinajstić information content (AvgIpc) is 3.20. The average molecular weight is 402 g/mol. The Labute approximate surface area is 176 Å². The topological polar surface area (TPSA) is 69.3 Å². The lowest BCUT2D eigenvalue weighted by molar-refractivity contribution is -0.137. The smallest absolute Gasteiger partial charge is 0.254 e. The van der Waals surface area contributed by atoms with Crippen LogP contribution in [-0.2, 0) is 4.79 Å². The van der Waals surface area contributed by atoms with Crippen LogP contribution in [0, 0.1) is 0 Å². The highest BCUT2D eigenvalue weighted by Crippen LogP contribution is 2.18. The first-order valence-electron chi connectivity index (χ1n) is 10.4. The number of piperazine rings is 1. The number of benzene rings is 2. The van der Waals surface area contributed by atoms with E-state index in [0.29, 0.717) is 18.7 Å². The predicted molar refractivity (Wildman–Crippen MR) is 119 cm³/mol. The van der Waals surface area contributed by atoms with E-state index in [2.05, 4.69) is 17.1 Å². The highest BCUT2D eigenvalue weighted by molar-refractivity contribution is 5.97. The third-order valence-electron chi connectivity index (χ3n) is 5.76. The van der Waals surface area contributed by atoms with Crippen LogP contribution >= 0.6 is 0 Å². The number of nitrogens with one attached hydrogen (secondary N) is 1. The Hall–Kier alpha value is -3.41.